The van der Waals surface area contributed by atoms with Gasteiger partial charge in [-0.2, -0.15) is 0 Å². The van der Waals surface area contributed by atoms with Gasteiger partial charge in [0.2, 0.25) is 11.8 Å². The molecule has 0 aromatic carbocycles. The molecule has 20 heavy (non-hydrogen) atoms. The Kier molecular flexibility index (Phi) is 5.53. The van der Waals surface area contributed by atoms with Gasteiger partial charge in [-0.15, -0.1) is 0 Å². The van der Waals surface area contributed by atoms with Crippen LogP contribution in [0.15, 0.2) is 0 Å². The van der Waals surface area contributed by atoms with Crippen LogP contribution in [0.2, 0.25) is 0 Å². The minimum absolute atomic E-state index is 0.0259. The number of carbonyl (C=O) groups excluding carboxylic acids is 3. The Morgan fingerprint density at radius 3 is 2.45 bits per heavy atom. The van der Waals surface area contributed by atoms with Gasteiger partial charge in [0.05, 0.1) is 6.42 Å². The number of amides is 2. The molecule has 0 radical (unpaired) electrons. The lowest BCUT2D eigenvalue weighted by atomic mass is 10.2. The second-order valence-corrected chi connectivity index (χ2v) is 6.11. The van der Waals surface area contributed by atoms with Gasteiger partial charge in [0.25, 0.3) is 0 Å². The fourth-order valence-corrected chi connectivity index (χ4v) is 2.15. The van der Waals surface area contributed by atoms with Crippen LogP contribution in [0.25, 0.3) is 0 Å². The molecule has 0 saturated carbocycles. The number of likely N-dealkylation sites (tertiary alicyclic amines) is 1. The van der Waals surface area contributed by atoms with Crippen molar-refractivity contribution in [2.45, 2.75) is 58.6 Å². The van der Waals surface area contributed by atoms with Gasteiger partial charge in [0.1, 0.15) is 5.60 Å². The van der Waals surface area contributed by atoms with Gasteiger partial charge in [0.15, 0.2) is 0 Å². The topological polar surface area (TPSA) is 75.7 Å². The van der Waals surface area contributed by atoms with Crippen molar-refractivity contribution in [2.24, 2.45) is 0 Å². The average molecular weight is 284 g/mol. The number of ether oxygens (including phenoxy) is 1. The fourth-order valence-electron chi connectivity index (χ4n) is 2.15. The summed E-state index contributed by atoms with van der Waals surface area (Å²) in [5, 5.41) is 2.80. The van der Waals surface area contributed by atoms with Crippen LogP contribution in [-0.4, -0.2) is 47.4 Å². The Hall–Kier alpha value is -1.59. The summed E-state index contributed by atoms with van der Waals surface area (Å²) in [5.41, 5.74) is -0.524. The molecule has 0 aromatic rings. The van der Waals surface area contributed by atoms with Crippen molar-refractivity contribution in [3.63, 3.8) is 0 Å². The number of carbonyl (C=O) groups is 3. The molecule has 1 saturated heterocycles. The maximum Gasteiger partial charge on any atom is 0.306 e. The fraction of sp³-hybridized carbons (Fsp3) is 0.786. The van der Waals surface area contributed by atoms with E-state index in [9.17, 15) is 14.4 Å². The standard InChI is InChI=1S/C14H24N2O4/c1-10(17)15-11-7-8-16(9-11)12(18)5-6-13(19)20-14(2,3)4/h11H,5-9H2,1-4H3,(H,15,17). The van der Waals surface area contributed by atoms with Crippen molar-refractivity contribution in [2.75, 3.05) is 13.1 Å². The molecule has 0 bridgehead atoms. The lowest BCUT2D eigenvalue weighted by molar-refractivity contribution is -0.156. The molecule has 0 spiro atoms. The highest BCUT2D eigenvalue weighted by molar-refractivity contribution is 5.82. The van der Waals surface area contributed by atoms with Gasteiger partial charge in [-0.3, -0.25) is 14.4 Å². The van der Waals surface area contributed by atoms with Crippen molar-refractivity contribution < 1.29 is 19.1 Å². The van der Waals surface area contributed by atoms with E-state index >= 15 is 0 Å². The van der Waals surface area contributed by atoms with Crippen LogP contribution in [0.4, 0.5) is 0 Å². The van der Waals surface area contributed by atoms with Crippen LogP contribution >= 0.6 is 0 Å². The highest BCUT2D eigenvalue weighted by Crippen LogP contribution is 2.13. The van der Waals surface area contributed by atoms with Crippen LogP contribution in [0.3, 0.4) is 0 Å². The molecule has 1 heterocycles. The molecular weight excluding hydrogens is 260 g/mol. The molecule has 1 aliphatic heterocycles. The van der Waals surface area contributed by atoms with Gasteiger partial charge < -0.3 is 15.0 Å². The predicted octanol–water partition coefficient (Wildman–Crippen LogP) is 0.845. The van der Waals surface area contributed by atoms with Gasteiger partial charge >= 0.3 is 5.97 Å². The summed E-state index contributed by atoms with van der Waals surface area (Å²) >= 11 is 0. The number of nitrogens with zero attached hydrogens (tertiary/aromatic N) is 1. The predicted molar refractivity (Wildman–Crippen MR) is 73.9 cm³/mol. The Balaban J connectivity index is 2.30. The van der Waals surface area contributed by atoms with Crippen molar-refractivity contribution in [1.29, 1.82) is 0 Å². The third-order valence-electron chi connectivity index (χ3n) is 2.91. The maximum absolute atomic E-state index is 12.0. The van der Waals surface area contributed by atoms with E-state index in [0.29, 0.717) is 13.1 Å². The normalized spacial score (nSPS) is 18.8. The maximum atomic E-state index is 12.0. The van der Waals surface area contributed by atoms with E-state index in [2.05, 4.69) is 5.32 Å². The summed E-state index contributed by atoms with van der Waals surface area (Å²) in [5.74, 6) is -0.509. The molecule has 1 fully saturated rings. The average Bonchev–Trinajstić information content (AvgIpc) is 2.71. The molecule has 114 valence electrons. The Morgan fingerprint density at radius 1 is 1.25 bits per heavy atom. The van der Waals surface area contributed by atoms with E-state index in [4.69, 9.17) is 4.74 Å². The smallest absolute Gasteiger partial charge is 0.306 e. The molecule has 2 amide bonds. The first-order valence-electron chi connectivity index (χ1n) is 6.94. The minimum atomic E-state index is -0.524. The molecule has 1 atom stereocenters. The van der Waals surface area contributed by atoms with Gasteiger partial charge in [-0.05, 0) is 27.2 Å². The third-order valence-corrected chi connectivity index (χ3v) is 2.91. The number of rotatable bonds is 4. The van der Waals surface area contributed by atoms with Crippen molar-refractivity contribution in [1.82, 2.24) is 10.2 Å². The third kappa shape index (κ3) is 6.04. The molecule has 1 rings (SSSR count). The van der Waals surface area contributed by atoms with E-state index in [-0.39, 0.29) is 36.7 Å². The van der Waals surface area contributed by atoms with Crippen LogP contribution in [0.1, 0.15) is 47.0 Å². The van der Waals surface area contributed by atoms with Gasteiger partial charge in [-0.1, -0.05) is 0 Å². The van der Waals surface area contributed by atoms with Crippen LogP contribution in [-0.2, 0) is 19.1 Å². The summed E-state index contributed by atoms with van der Waals surface area (Å²) in [7, 11) is 0. The minimum Gasteiger partial charge on any atom is -0.460 e. The van der Waals surface area contributed by atoms with Crippen LogP contribution in [0, 0.1) is 0 Å². The van der Waals surface area contributed by atoms with E-state index < -0.39 is 5.60 Å². The molecule has 1 N–H and O–H groups in total. The van der Waals surface area contributed by atoms with Gasteiger partial charge in [-0.25, -0.2) is 0 Å². The van der Waals surface area contributed by atoms with Gasteiger partial charge in [0, 0.05) is 32.5 Å². The van der Waals surface area contributed by atoms with Crippen molar-refractivity contribution in [3.8, 4) is 0 Å². The zero-order valence-electron chi connectivity index (χ0n) is 12.7. The number of esters is 1. The summed E-state index contributed by atoms with van der Waals surface area (Å²) < 4.78 is 5.16. The van der Waals surface area contributed by atoms with Crippen molar-refractivity contribution >= 4 is 17.8 Å². The van der Waals surface area contributed by atoms with Crippen LogP contribution in [0.5, 0.6) is 0 Å². The molecule has 6 nitrogen and oxygen atoms in total. The van der Waals surface area contributed by atoms with Crippen LogP contribution < -0.4 is 5.32 Å². The first-order chi connectivity index (χ1) is 9.17. The molecule has 6 heteroatoms. The summed E-state index contributed by atoms with van der Waals surface area (Å²) in [6.07, 6.45) is 1.01. The summed E-state index contributed by atoms with van der Waals surface area (Å²) in [6, 6.07) is 0.0259. The first-order valence-corrected chi connectivity index (χ1v) is 6.94. The molecule has 1 aliphatic rings. The summed E-state index contributed by atoms with van der Waals surface area (Å²) in [4.78, 5) is 36.1. The van der Waals surface area contributed by atoms with Crippen molar-refractivity contribution in [3.05, 3.63) is 0 Å². The number of nitrogens with one attached hydrogen (secondary N) is 1. The first kappa shape index (κ1) is 16.5. The summed E-state index contributed by atoms with van der Waals surface area (Å²) in [6.45, 7) is 8.00. The molecular formula is C14H24N2O4. The molecule has 0 aliphatic carbocycles. The number of hydrogen-bond donors (Lipinski definition) is 1. The zero-order chi connectivity index (χ0) is 15.3. The lowest BCUT2D eigenvalue weighted by Crippen LogP contribution is -2.37. The molecule has 1 unspecified atom stereocenters. The quantitative estimate of drug-likeness (QED) is 0.776. The van der Waals surface area contributed by atoms with E-state index in [0.717, 1.165) is 6.42 Å². The van der Waals surface area contributed by atoms with E-state index in [1.54, 1.807) is 25.7 Å². The SMILES string of the molecule is CC(=O)NC1CCN(C(=O)CCC(=O)OC(C)(C)C)C1. The Morgan fingerprint density at radius 2 is 1.90 bits per heavy atom. The Labute approximate surface area is 119 Å². The monoisotopic (exact) mass is 284 g/mol. The highest BCUT2D eigenvalue weighted by atomic mass is 16.6. The Bertz CT molecular complexity index is 387. The van der Waals surface area contributed by atoms with E-state index in [1.165, 1.54) is 6.92 Å². The lowest BCUT2D eigenvalue weighted by Gasteiger charge is -2.20. The number of hydrogen-bond acceptors (Lipinski definition) is 4. The van der Waals surface area contributed by atoms with E-state index in [1.807, 2.05) is 0 Å². The second-order valence-electron chi connectivity index (χ2n) is 6.11. The molecule has 0 aromatic heterocycles. The zero-order valence-corrected chi connectivity index (χ0v) is 12.7. The second kappa shape index (κ2) is 6.72. The largest absolute Gasteiger partial charge is 0.460 e. The highest BCUT2D eigenvalue weighted by Gasteiger charge is 2.27.